The number of carbonyl (C=O) groups is 1. The minimum absolute atomic E-state index is 0.168. The standard InChI is InChI=1S/C18H18O3S/c19-17-12-6-9-14-7-4-5-8-15(14)13-18(17)22(20,21)16-10-2-1-3-11-16/h1-5,7-8,10-11,18H,6,9,12-13H2. The van der Waals surface area contributed by atoms with Crippen molar-refractivity contribution in [2.75, 3.05) is 0 Å². The largest absolute Gasteiger partial charge is 0.298 e. The SMILES string of the molecule is O=C1CCCc2ccccc2CC1S(=O)(=O)c1ccccc1. The van der Waals surface area contributed by atoms with Crippen LogP contribution < -0.4 is 0 Å². The van der Waals surface area contributed by atoms with Gasteiger partial charge in [-0.1, -0.05) is 42.5 Å². The van der Waals surface area contributed by atoms with Crippen molar-refractivity contribution in [3.8, 4) is 0 Å². The molecule has 0 amide bonds. The van der Waals surface area contributed by atoms with Crippen LogP contribution >= 0.6 is 0 Å². The molecule has 0 saturated carbocycles. The predicted molar refractivity (Wildman–Crippen MR) is 85.5 cm³/mol. The Balaban J connectivity index is 2.04. The van der Waals surface area contributed by atoms with Gasteiger partial charge >= 0.3 is 0 Å². The van der Waals surface area contributed by atoms with Gasteiger partial charge in [0.25, 0.3) is 0 Å². The predicted octanol–water partition coefficient (Wildman–Crippen LogP) is 2.98. The smallest absolute Gasteiger partial charge is 0.188 e. The number of sulfone groups is 1. The summed E-state index contributed by atoms with van der Waals surface area (Å²) in [5, 5.41) is -0.976. The summed E-state index contributed by atoms with van der Waals surface area (Å²) < 4.78 is 25.7. The molecule has 0 heterocycles. The zero-order valence-electron chi connectivity index (χ0n) is 12.2. The molecule has 2 aromatic carbocycles. The summed E-state index contributed by atoms with van der Waals surface area (Å²) in [6.07, 6.45) is 2.13. The van der Waals surface area contributed by atoms with Crippen molar-refractivity contribution >= 4 is 15.6 Å². The molecular weight excluding hydrogens is 296 g/mol. The van der Waals surface area contributed by atoms with E-state index >= 15 is 0 Å². The lowest BCUT2D eigenvalue weighted by Crippen LogP contribution is -2.34. The Bertz CT molecular complexity index is 779. The van der Waals surface area contributed by atoms with Gasteiger partial charge in [0.05, 0.1) is 4.90 Å². The number of Topliss-reactive ketones (excluding diaryl/α,β-unsaturated/α-hetero) is 1. The molecule has 4 heteroatoms. The first-order chi connectivity index (χ1) is 10.6. The second kappa shape index (κ2) is 6.05. The first kappa shape index (κ1) is 15.0. The average Bonchev–Trinajstić information content (AvgIpc) is 2.52. The third-order valence-electron chi connectivity index (χ3n) is 4.20. The van der Waals surface area contributed by atoms with E-state index in [1.54, 1.807) is 30.3 Å². The van der Waals surface area contributed by atoms with E-state index in [1.807, 2.05) is 24.3 Å². The summed E-state index contributed by atoms with van der Waals surface area (Å²) in [4.78, 5) is 12.6. The van der Waals surface area contributed by atoms with Crippen LogP contribution in [-0.4, -0.2) is 19.5 Å². The molecule has 1 aliphatic carbocycles. The summed E-state index contributed by atoms with van der Waals surface area (Å²) in [5.74, 6) is -0.168. The molecule has 1 atom stereocenters. The maximum Gasteiger partial charge on any atom is 0.188 e. The van der Waals surface area contributed by atoms with Crippen LogP contribution in [0.3, 0.4) is 0 Å². The maximum atomic E-state index is 12.9. The quantitative estimate of drug-likeness (QED) is 0.856. The van der Waals surface area contributed by atoms with Crippen molar-refractivity contribution in [2.45, 2.75) is 35.8 Å². The first-order valence-corrected chi connectivity index (χ1v) is 9.02. The molecule has 0 spiro atoms. The van der Waals surface area contributed by atoms with Gasteiger partial charge in [-0.15, -0.1) is 0 Å². The van der Waals surface area contributed by atoms with Crippen LogP contribution in [0.5, 0.6) is 0 Å². The van der Waals surface area contributed by atoms with E-state index in [0.717, 1.165) is 17.5 Å². The number of aryl methyl sites for hydroxylation is 1. The van der Waals surface area contributed by atoms with Crippen molar-refractivity contribution in [1.29, 1.82) is 0 Å². The molecule has 0 fully saturated rings. The molecule has 0 aliphatic heterocycles. The first-order valence-electron chi connectivity index (χ1n) is 7.47. The number of carbonyl (C=O) groups excluding carboxylic acids is 1. The van der Waals surface area contributed by atoms with E-state index in [2.05, 4.69) is 0 Å². The highest BCUT2D eigenvalue weighted by molar-refractivity contribution is 7.92. The molecule has 1 aliphatic rings. The van der Waals surface area contributed by atoms with Gasteiger partial charge in [-0.25, -0.2) is 8.42 Å². The molecule has 0 radical (unpaired) electrons. The molecule has 1 unspecified atom stereocenters. The van der Waals surface area contributed by atoms with Crippen LogP contribution in [0.15, 0.2) is 59.5 Å². The van der Waals surface area contributed by atoms with Gasteiger partial charge in [0, 0.05) is 6.42 Å². The van der Waals surface area contributed by atoms with Crippen LogP contribution in [0.25, 0.3) is 0 Å². The highest BCUT2D eigenvalue weighted by Crippen LogP contribution is 2.26. The van der Waals surface area contributed by atoms with E-state index in [-0.39, 0.29) is 17.1 Å². The second-order valence-corrected chi connectivity index (χ2v) is 7.77. The molecule has 3 nitrogen and oxygen atoms in total. The van der Waals surface area contributed by atoms with Crippen molar-refractivity contribution in [1.82, 2.24) is 0 Å². The second-order valence-electron chi connectivity index (χ2n) is 5.64. The zero-order chi connectivity index (χ0) is 15.6. The Hall–Kier alpha value is -1.94. The lowest BCUT2D eigenvalue weighted by molar-refractivity contribution is -0.118. The molecule has 0 bridgehead atoms. The van der Waals surface area contributed by atoms with E-state index < -0.39 is 15.1 Å². The fraction of sp³-hybridized carbons (Fsp3) is 0.278. The molecule has 0 N–H and O–H groups in total. The van der Waals surface area contributed by atoms with Gasteiger partial charge in [0.1, 0.15) is 5.25 Å². The number of fused-ring (bicyclic) bond motifs is 1. The van der Waals surface area contributed by atoms with Crippen molar-refractivity contribution in [2.24, 2.45) is 0 Å². The normalized spacial score (nSPS) is 19.1. The van der Waals surface area contributed by atoms with Gasteiger partial charge in [0.15, 0.2) is 15.6 Å². The molecule has 3 rings (SSSR count). The third-order valence-corrected chi connectivity index (χ3v) is 6.31. The molecule has 2 aromatic rings. The Kier molecular flexibility index (Phi) is 4.12. The van der Waals surface area contributed by atoms with Crippen LogP contribution in [-0.2, 0) is 27.5 Å². The van der Waals surface area contributed by atoms with E-state index in [9.17, 15) is 13.2 Å². The van der Waals surface area contributed by atoms with Crippen molar-refractivity contribution < 1.29 is 13.2 Å². The topological polar surface area (TPSA) is 51.2 Å². The van der Waals surface area contributed by atoms with Crippen LogP contribution in [0.2, 0.25) is 0 Å². The fourth-order valence-corrected chi connectivity index (χ4v) is 4.71. The maximum absolute atomic E-state index is 12.9. The molecule has 0 saturated heterocycles. The van der Waals surface area contributed by atoms with Crippen LogP contribution in [0, 0.1) is 0 Å². The number of ketones is 1. The lowest BCUT2D eigenvalue weighted by Gasteiger charge is -2.21. The number of benzene rings is 2. The summed E-state index contributed by atoms with van der Waals surface area (Å²) in [6, 6.07) is 16.1. The minimum atomic E-state index is -3.64. The molecule has 22 heavy (non-hydrogen) atoms. The Morgan fingerprint density at radius 2 is 1.45 bits per heavy atom. The van der Waals surface area contributed by atoms with Gasteiger partial charge in [-0.3, -0.25) is 4.79 Å². The average molecular weight is 314 g/mol. The number of hydrogen-bond acceptors (Lipinski definition) is 3. The van der Waals surface area contributed by atoms with Gasteiger partial charge < -0.3 is 0 Å². The van der Waals surface area contributed by atoms with Crippen LogP contribution in [0.4, 0.5) is 0 Å². The summed E-state index contributed by atoms with van der Waals surface area (Å²) in [7, 11) is -3.64. The van der Waals surface area contributed by atoms with E-state index in [1.165, 1.54) is 0 Å². The molecule has 114 valence electrons. The van der Waals surface area contributed by atoms with E-state index in [4.69, 9.17) is 0 Å². The van der Waals surface area contributed by atoms with Gasteiger partial charge in [-0.05, 0) is 42.5 Å². The highest BCUT2D eigenvalue weighted by Gasteiger charge is 2.34. The minimum Gasteiger partial charge on any atom is -0.298 e. The van der Waals surface area contributed by atoms with Crippen molar-refractivity contribution in [3.63, 3.8) is 0 Å². The monoisotopic (exact) mass is 314 g/mol. The summed E-state index contributed by atoms with van der Waals surface area (Å²) in [6.45, 7) is 0. The number of hydrogen-bond donors (Lipinski definition) is 0. The lowest BCUT2D eigenvalue weighted by atomic mass is 9.92. The third kappa shape index (κ3) is 2.83. The Labute approximate surface area is 130 Å². The van der Waals surface area contributed by atoms with E-state index in [0.29, 0.717) is 12.8 Å². The molecular formula is C18H18O3S. The fourth-order valence-electron chi connectivity index (χ4n) is 2.99. The zero-order valence-corrected chi connectivity index (χ0v) is 13.1. The number of rotatable bonds is 2. The molecule has 0 aromatic heterocycles. The van der Waals surface area contributed by atoms with Crippen molar-refractivity contribution in [3.05, 3.63) is 65.7 Å². The summed E-state index contributed by atoms with van der Waals surface area (Å²) >= 11 is 0. The highest BCUT2D eigenvalue weighted by atomic mass is 32.2. The Morgan fingerprint density at radius 1 is 0.818 bits per heavy atom. The van der Waals surface area contributed by atoms with Crippen LogP contribution in [0.1, 0.15) is 24.0 Å². The van der Waals surface area contributed by atoms with Gasteiger partial charge in [0.2, 0.25) is 0 Å². The Morgan fingerprint density at radius 3 is 2.18 bits per heavy atom. The summed E-state index contributed by atoms with van der Waals surface area (Å²) in [5.41, 5.74) is 2.13. The van der Waals surface area contributed by atoms with Gasteiger partial charge in [-0.2, -0.15) is 0 Å².